The van der Waals surface area contributed by atoms with Crippen molar-refractivity contribution in [2.75, 3.05) is 13.7 Å². The minimum atomic E-state index is 0.224. The third kappa shape index (κ3) is 4.19. The predicted molar refractivity (Wildman–Crippen MR) is 78.4 cm³/mol. The van der Waals surface area contributed by atoms with E-state index in [-0.39, 0.29) is 6.61 Å². The zero-order valence-electron chi connectivity index (χ0n) is 12.7. The van der Waals surface area contributed by atoms with Crippen LogP contribution in [0.1, 0.15) is 30.7 Å². The molecule has 6 heteroatoms. The number of aromatic nitrogens is 2. The van der Waals surface area contributed by atoms with Gasteiger partial charge < -0.3 is 19.2 Å². The standard InChI is InChI=1S/C15H21N3O3/c1-4-8-16-9-12-6-5-7-13(19-3)15(12)20-10-14-18-17-11(2)21-14/h5-7,16H,4,8-10H2,1-3H3. The van der Waals surface area contributed by atoms with Gasteiger partial charge in [-0.2, -0.15) is 0 Å². The predicted octanol–water partition coefficient (Wildman–Crippen LogP) is 2.47. The number of ether oxygens (including phenoxy) is 2. The van der Waals surface area contributed by atoms with E-state index in [2.05, 4.69) is 22.4 Å². The van der Waals surface area contributed by atoms with Crippen LogP contribution >= 0.6 is 0 Å². The second-order valence-electron chi connectivity index (χ2n) is 4.63. The summed E-state index contributed by atoms with van der Waals surface area (Å²) in [6.07, 6.45) is 1.08. The Hall–Kier alpha value is -2.08. The summed E-state index contributed by atoms with van der Waals surface area (Å²) in [5, 5.41) is 11.1. The first kappa shape index (κ1) is 15.3. The molecule has 1 aromatic heterocycles. The third-order valence-electron chi connectivity index (χ3n) is 2.93. The molecule has 114 valence electrons. The van der Waals surface area contributed by atoms with Crippen LogP contribution in [0.5, 0.6) is 11.5 Å². The number of rotatable bonds is 8. The van der Waals surface area contributed by atoms with Crippen LogP contribution in [0.2, 0.25) is 0 Å². The van der Waals surface area contributed by atoms with E-state index in [9.17, 15) is 0 Å². The molecule has 0 spiro atoms. The molecular formula is C15H21N3O3. The van der Waals surface area contributed by atoms with Gasteiger partial charge in [0.1, 0.15) is 0 Å². The largest absolute Gasteiger partial charge is 0.493 e. The number of hydrogen-bond donors (Lipinski definition) is 1. The van der Waals surface area contributed by atoms with Crippen molar-refractivity contribution < 1.29 is 13.9 Å². The summed E-state index contributed by atoms with van der Waals surface area (Å²) in [5.41, 5.74) is 1.04. The van der Waals surface area contributed by atoms with Gasteiger partial charge in [0.05, 0.1) is 7.11 Å². The Morgan fingerprint density at radius 2 is 2.14 bits per heavy atom. The van der Waals surface area contributed by atoms with E-state index in [4.69, 9.17) is 13.9 Å². The Morgan fingerprint density at radius 1 is 1.29 bits per heavy atom. The molecule has 0 radical (unpaired) electrons. The van der Waals surface area contributed by atoms with Gasteiger partial charge in [0.25, 0.3) is 5.89 Å². The molecule has 0 aliphatic heterocycles. The number of methoxy groups -OCH3 is 1. The Bertz CT molecular complexity index is 569. The second kappa shape index (κ2) is 7.64. The molecule has 0 aliphatic carbocycles. The number of nitrogens with zero attached hydrogens (tertiary/aromatic N) is 2. The van der Waals surface area contributed by atoms with Crippen molar-refractivity contribution >= 4 is 0 Å². The molecule has 21 heavy (non-hydrogen) atoms. The summed E-state index contributed by atoms with van der Waals surface area (Å²) in [7, 11) is 1.63. The molecule has 1 heterocycles. The molecule has 0 saturated carbocycles. The molecule has 0 unspecified atom stereocenters. The Labute approximate surface area is 124 Å². The van der Waals surface area contributed by atoms with E-state index in [1.54, 1.807) is 14.0 Å². The molecule has 1 N–H and O–H groups in total. The molecule has 0 saturated heterocycles. The number of aryl methyl sites for hydroxylation is 1. The summed E-state index contributed by atoms with van der Waals surface area (Å²) < 4.78 is 16.5. The quantitative estimate of drug-likeness (QED) is 0.753. The maximum Gasteiger partial charge on any atom is 0.253 e. The highest BCUT2D eigenvalue weighted by molar-refractivity contribution is 5.46. The van der Waals surface area contributed by atoms with Crippen molar-refractivity contribution in [1.29, 1.82) is 0 Å². The average Bonchev–Trinajstić information content (AvgIpc) is 2.91. The monoisotopic (exact) mass is 291 g/mol. The molecule has 0 amide bonds. The lowest BCUT2D eigenvalue weighted by Gasteiger charge is -2.14. The fraction of sp³-hybridized carbons (Fsp3) is 0.467. The SMILES string of the molecule is CCCNCc1cccc(OC)c1OCc1nnc(C)o1. The van der Waals surface area contributed by atoms with E-state index < -0.39 is 0 Å². The van der Waals surface area contributed by atoms with Crippen LogP contribution in [0, 0.1) is 6.92 Å². The van der Waals surface area contributed by atoms with Crippen LogP contribution < -0.4 is 14.8 Å². The topological polar surface area (TPSA) is 69.4 Å². The second-order valence-corrected chi connectivity index (χ2v) is 4.63. The zero-order valence-corrected chi connectivity index (χ0v) is 12.7. The Morgan fingerprint density at radius 3 is 2.81 bits per heavy atom. The van der Waals surface area contributed by atoms with Gasteiger partial charge in [0, 0.05) is 19.0 Å². The average molecular weight is 291 g/mol. The normalized spacial score (nSPS) is 10.6. The van der Waals surface area contributed by atoms with Gasteiger partial charge >= 0.3 is 0 Å². The molecular weight excluding hydrogens is 270 g/mol. The first-order chi connectivity index (χ1) is 10.2. The summed E-state index contributed by atoms with van der Waals surface area (Å²) in [4.78, 5) is 0. The van der Waals surface area contributed by atoms with E-state index >= 15 is 0 Å². The van der Waals surface area contributed by atoms with Gasteiger partial charge in [-0.1, -0.05) is 19.1 Å². The maximum absolute atomic E-state index is 5.83. The summed E-state index contributed by atoms with van der Waals surface area (Å²) in [5.74, 6) is 2.38. The molecule has 6 nitrogen and oxygen atoms in total. The van der Waals surface area contributed by atoms with E-state index in [0.29, 0.717) is 23.3 Å². The van der Waals surface area contributed by atoms with Gasteiger partial charge in [0.15, 0.2) is 18.1 Å². The zero-order chi connectivity index (χ0) is 15.1. The smallest absolute Gasteiger partial charge is 0.253 e. The van der Waals surface area contributed by atoms with Crippen molar-refractivity contribution in [3.8, 4) is 11.5 Å². The molecule has 1 aromatic carbocycles. The van der Waals surface area contributed by atoms with Gasteiger partial charge in [-0.05, 0) is 19.0 Å². The van der Waals surface area contributed by atoms with Crippen LogP contribution in [0.3, 0.4) is 0 Å². The molecule has 0 fully saturated rings. The highest BCUT2D eigenvalue weighted by Gasteiger charge is 2.12. The summed E-state index contributed by atoms with van der Waals surface area (Å²) in [6.45, 7) is 5.79. The number of nitrogens with one attached hydrogen (secondary N) is 1. The van der Waals surface area contributed by atoms with E-state index in [0.717, 1.165) is 25.1 Å². The van der Waals surface area contributed by atoms with Crippen molar-refractivity contribution in [2.45, 2.75) is 33.4 Å². The van der Waals surface area contributed by atoms with Crippen LogP contribution in [0.25, 0.3) is 0 Å². The van der Waals surface area contributed by atoms with Crippen LogP contribution in [-0.4, -0.2) is 23.9 Å². The highest BCUT2D eigenvalue weighted by Crippen LogP contribution is 2.31. The fourth-order valence-electron chi connectivity index (χ4n) is 1.95. The maximum atomic E-state index is 5.83. The van der Waals surface area contributed by atoms with Crippen molar-refractivity contribution in [2.24, 2.45) is 0 Å². The Kier molecular flexibility index (Phi) is 5.57. The fourth-order valence-corrected chi connectivity index (χ4v) is 1.95. The van der Waals surface area contributed by atoms with E-state index in [1.807, 2.05) is 18.2 Å². The molecule has 2 aromatic rings. The lowest BCUT2D eigenvalue weighted by molar-refractivity contribution is 0.245. The third-order valence-corrected chi connectivity index (χ3v) is 2.93. The first-order valence-corrected chi connectivity index (χ1v) is 7.03. The van der Waals surface area contributed by atoms with Gasteiger partial charge in [0.2, 0.25) is 5.89 Å². The van der Waals surface area contributed by atoms with Crippen molar-refractivity contribution in [3.05, 3.63) is 35.5 Å². The van der Waals surface area contributed by atoms with Crippen LogP contribution in [0.15, 0.2) is 22.6 Å². The lowest BCUT2D eigenvalue weighted by atomic mass is 10.2. The minimum absolute atomic E-state index is 0.224. The summed E-state index contributed by atoms with van der Waals surface area (Å²) >= 11 is 0. The minimum Gasteiger partial charge on any atom is -0.493 e. The number of hydrogen-bond acceptors (Lipinski definition) is 6. The highest BCUT2D eigenvalue weighted by atomic mass is 16.5. The van der Waals surface area contributed by atoms with E-state index in [1.165, 1.54) is 0 Å². The Balaban J connectivity index is 2.10. The van der Waals surface area contributed by atoms with Gasteiger partial charge in [-0.15, -0.1) is 10.2 Å². The molecule has 2 rings (SSSR count). The summed E-state index contributed by atoms with van der Waals surface area (Å²) in [6, 6.07) is 5.84. The number of para-hydroxylation sites is 1. The van der Waals surface area contributed by atoms with Gasteiger partial charge in [-0.3, -0.25) is 0 Å². The molecule has 0 bridgehead atoms. The molecule has 0 atom stereocenters. The van der Waals surface area contributed by atoms with Crippen molar-refractivity contribution in [3.63, 3.8) is 0 Å². The van der Waals surface area contributed by atoms with Crippen LogP contribution in [0.4, 0.5) is 0 Å². The van der Waals surface area contributed by atoms with Gasteiger partial charge in [-0.25, -0.2) is 0 Å². The van der Waals surface area contributed by atoms with Crippen molar-refractivity contribution in [1.82, 2.24) is 15.5 Å². The molecule has 0 aliphatic rings. The lowest BCUT2D eigenvalue weighted by Crippen LogP contribution is -2.15. The van der Waals surface area contributed by atoms with Crippen LogP contribution in [-0.2, 0) is 13.2 Å². The number of benzene rings is 1. The first-order valence-electron chi connectivity index (χ1n) is 7.03.